The van der Waals surface area contributed by atoms with Crippen molar-refractivity contribution < 1.29 is 22.7 Å². The van der Waals surface area contributed by atoms with E-state index in [4.69, 9.17) is 4.74 Å². The number of hydrogen-bond donors (Lipinski definition) is 2. The molecule has 0 radical (unpaired) electrons. The lowest BCUT2D eigenvalue weighted by Crippen LogP contribution is -2.41. The molecule has 0 aliphatic heterocycles. The molecule has 1 amide bonds. The summed E-state index contributed by atoms with van der Waals surface area (Å²) in [5.41, 5.74) is 1.26. The normalized spacial score (nSPS) is 17.8. The van der Waals surface area contributed by atoms with Crippen molar-refractivity contribution >= 4 is 22.5 Å². The van der Waals surface area contributed by atoms with E-state index in [0.717, 1.165) is 36.6 Å². The second-order valence-electron chi connectivity index (χ2n) is 9.52. The Morgan fingerprint density at radius 3 is 2.63 bits per heavy atom. The van der Waals surface area contributed by atoms with Crippen LogP contribution in [0.25, 0.3) is 10.9 Å². The molecule has 5 rings (SSSR count). The number of carbonyl (C=O) groups is 1. The number of pyridine rings is 1. The summed E-state index contributed by atoms with van der Waals surface area (Å²) in [6.45, 7) is 0.520. The van der Waals surface area contributed by atoms with Crippen LogP contribution in [-0.2, 0) is 12.7 Å². The van der Waals surface area contributed by atoms with E-state index in [1.165, 1.54) is 0 Å². The van der Waals surface area contributed by atoms with Crippen molar-refractivity contribution in [1.29, 1.82) is 0 Å². The van der Waals surface area contributed by atoms with Gasteiger partial charge in [-0.05, 0) is 55.5 Å². The van der Waals surface area contributed by atoms with E-state index < -0.39 is 11.9 Å². The number of nitrogens with one attached hydrogen (secondary N) is 2. The number of aromatic nitrogens is 3. The monoisotopic (exact) mass is 523 g/mol. The molecule has 1 saturated carbocycles. The van der Waals surface area contributed by atoms with Gasteiger partial charge in [0.05, 0.1) is 30.9 Å². The number of fused-ring (bicyclic) bond motifs is 1. The number of hydrogen-bond acceptors (Lipinski definition) is 5. The second-order valence-corrected chi connectivity index (χ2v) is 9.52. The number of rotatable bonds is 7. The third-order valence-corrected chi connectivity index (χ3v) is 6.77. The van der Waals surface area contributed by atoms with Crippen LogP contribution >= 0.6 is 0 Å². The van der Waals surface area contributed by atoms with Gasteiger partial charge in [-0.2, -0.15) is 18.3 Å². The Bertz CT molecular complexity index is 1420. The molecule has 0 saturated heterocycles. The summed E-state index contributed by atoms with van der Waals surface area (Å²) in [6.07, 6.45) is 1.75. The Balaban J connectivity index is 1.23. The van der Waals surface area contributed by atoms with E-state index in [1.807, 2.05) is 24.3 Å². The predicted octanol–water partition coefficient (Wildman–Crippen LogP) is 5.66. The summed E-state index contributed by atoms with van der Waals surface area (Å²) in [6, 6.07) is 15.3. The van der Waals surface area contributed by atoms with E-state index in [0.29, 0.717) is 29.6 Å². The van der Waals surface area contributed by atoms with Gasteiger partial charge in [-0.25, -0.2) is 4.98 Å². The predicted molar refractivity (Wildman–Crippen MR) is 138 cm³/mol. The fourth-order valence-corrected chi connectivity index (χ4v) is 4.87. The van der Waals surface area contributed by atoms with E-state index in [1.54, 1.807) is 48.5 Å². The quantitative estimate of drug-likeness (QED) is 0.327. The zero-order valence-corrected chi connectivity index (χ0v) is 20.8. The Morgan fingerprint density at radius 2 is 1.87 bits per heavy atom. The molecule has 1 fully saturated rings. The Labute approximate surface area is 218 Å². The number of benzene rings is 2. The number of carbonyl (C=O) groups excluding carboxylic acids is 1. The minimum atomic E-state index is -4.54. The van der Waals surface area contributed by atoms with Gasteiger partial charge in [-0.1, -0.05) is 30.3 Å². The Hall–Kier alpha value is -4.08. The minimum Gasteiger partial charge on any atom is -0.497 e. The highest BCUT2D eigenvalue weighted by atomic mass is 19.4. The topological polar surface area (TPSA) is 81.1 Å². The number of ether oxygens (including phenoxy) is 1. The first-order valence-electron chi connectivity index (χ1n) is 12.5. The molecule has 1 aliphatic carbocycles. The lowest BCUT2D eigenvalue weighted by Gasteiger charge is -2.31. The Morgan fingerprint density at radius 1 is 1.11 bits per heavy atom. The highest BCUT2D eigenvalue weighted by Crippen LogP contribution is 2.34. The van der Waals surface area contributed by atoms with Crippen molar-refractivity contribution in [2.75, 3.05) is 12.4 Å². The Kier molecular flexibility index (Phi) is 7.22. The van der Waals surface area contributed by atoms with E-state index >= 15 is 0 Å². The van der Waals surface area contributed by atoms with Gasteiger partial charge < -0.3 is 15.4 Å². The van der Waals surface area contributed by atoms with Gasteiger partial charge in [-0.3, -0.25) is 9.48 Å². The van der Waals surface area contributed by atoms with E-state index in [9.17, 15) is 18.0 Å². The van der Waals surface area contributed by atoms with Crippen LogP contribution in [-0.4, -0.2) is 39.9 Å². The molecule has 2 aromatic heterocycles. The third-order valence-electron chi connectivity index (χ3n) is 6.77. The molecule has 0 unspecified atom stereocenters. The average molecular weight is 524 g/mol. The van der Waals surface area contributed by atoms with Crippen molar-refractivity contribution in [1.82, 2.24) is 20.1 Å². The summed E-state index contributed by atoms with van der Waals surface area (Å²) >= 11 is 0. The number of para-hydroxylation sites is 1. The molecule has 1 aliphatic rings. The number of alkyl halides is 3. The number of amides is 1. The van der Waals surface area contributed by atoms with Gasteiger partial charge in [0.25, 0.3) is 5.91 Å². The molecule has 2 heterocycles. The van der Waals surface area contributed by atoms with E-state index in [2.05, 4.69) is 20.7 Å². The molecule has 2 atom stereocenters. The maximum atomic E-state index is 13.4. The van der Waals surface area contributed by atoms with Crippen molar-refractivity contribution in [3.8, 4) is 5.75 Å². The first-order valence-corrected chi connectivity index (χ1v) is 12.5. The highest BCUT2D eigenvalue weighted by Gasteiger charge is 2.34. The molecule has 0 spiro atoms. The maximum absolute atomic E-state index is 13.4. The smallest absolute Gasteiger partial charge is 0.433 e. The molecular formula is C28H28F3N5O2. The molecule has 10 heteroatoms. The first kappa shape index (κ1) is 25.6. The fourth-order valence-electron chi connectivity index (χ4n) is 4.87. The van der Waals surface area contributed by atoms with Gasteiger partial charge in [0.15, 0.2) is 0 Å². The highest BCUT2D eigenvalue weighted by molar-refractivity contribution is 5.94. The van der Waals surface area contributed by atoms with Crippen LogP contribution in [0.15, 0.2) is 67.0 Å². The number of halogens is 3. The van der Waals surface area contributed by atoms with Crippen LogP contribution in [0.2, 0.25) is 0 Å². The minimum absolute atomic E-state index is 0.0845. The molecular weight excluding hydrogens is 495 g/mol. The van der Waals surface area contributed by atoms with Crippen molar-refractivity contribution in [3.63, 3.8) is 0 Å². The third kappa shape index (κ3) is 5.90. The summed E-state index contributed by atoms with van der Waals surface area (Å²) in [4.78, 5) is 16.7. The number of anilines is 1. The molecule has 2 aromatic carbocycles. The number of methoxy groups -OCH3 is 1. The summed E-state index contributed by atoms with van der Waals surface area (Å²) in [5, 5.41) is 11.3. The molecule has 7 nitrogen and oxygen atoms in total. The maximum Gasteiger partial charge on any atom is 0.433 e. The second kappa shape index (κ2) is 10.7. The summed E-state index contributed by atoms with van der Waals surface area (Å²) in [7, 11) is 1.61. The van der Waals surface area contributed by atoms with Crippen molar-refractivity contribution in [3.05, 3.63) is 83.8 Å². The largest absolute Gasteiger partial charge is 0.497 e. The first-order chi connectivity index (χ1) is 18.3. The van der Waals surface area contributed by atoms with Crippen LogP contribution in [0.5, 0.6) is 5.75 Å². The zero-order valence-electron chi connectivity index (χ0n) is 20.8. The number of nitrogens with zero attached hydrogens (tertiary/aromatic N) is 3. The van der Waals surface area contributed by atoms with Gasteiger partial charge in [-0.15, -0.1) is 0 Å². The van der Waals surface area contributed by atoms with Crippen LogP contribution < -0.4 is 15.4 Å². The molecule has 4 aromatic rings. The van der Waals surface area contributed by atoms with Crippen LogP contribution in [0, 0.1) is 0 Å². The van der Waals surface area contributed by atoms with Gasteiger partial charge in [0, 0.05) is 29.4 Å². The summed E-state index contributed by atoms with van der Waals surface area (Å²) in [5.74, 6) is 0.554. The molecule has 198 valence electrons. The molecule has 38 heavy (non-hydrogen) atoms. The lowest BCUT2D eigenvalue weighted by molar-refractivity contribution is -0.140. The van der Waals surface area contributed by atoms with E-state index in [-0.39, 0.29) is 23.5 Å². The average Bonchev–Trinajstić information content (AvgIpc) is 3.37. The lowest BCUT2D eigenvalue weighted by atomic mass is 9.90. The SMILES string of the molecule is COc1ccc(Cn2cc(C(=O)N[C@@H]3CCC[C@H](Nc4cc(C(F)(F)F)nc5ccccc45)C3)cn2)cc1. The molecule has 2 N–H and O–H groups in total. The van der Waals surface area contributed by atoms with Gasteiger partial charge >= 0.3 is 6.18 Å². The zero-order chi connectivity index (χ0) is 26.7. The van der Waals surface area contributed by atoms with Gasteiger partial charge in [0.2, 0.25) is 0 Å². The van der Waals surface area contributed by atoms with Crippen molar-refractivity contribution in [2.45, 2.75) is 50.5 Å². The summed E-state index contributed by atoms with van der Waals surface area (Å²) < 4.78 is 47.2. The van der Waals surface area contributed by atoms with Crippen LogP contribution in [0.3, 0.4) is 0 Å². The van der Waals surface area contributed by atoms with Crippen molar-refractivity contribution in [2.24, 2.45) is 0 Å². The standard InChI is InChI=1S/C28H28F3N5O2/c1-38-22-11-9-18(10-12-22)16-36-17-19(15-32-36)27(37)34-21-6-4-5-20(13-21)33-25-14-26(28(29,30)31)35-24-8-3-2-7-23(24)25/h2-3,7-12,14-15,17,20-21H,4-6,13,16H2,1H3,(H,33,35)(H,34,37)/t20-,21+/m0/s1. The van der Waals surface area contributed by atoms with Gasteiger partial charge in [0.1, 0.15) is 11.4 Å². The molecule has 0 bridgehead atoms. The fraction of sp³-hybridized carbons (Fsp3) is 0.321. The van der Waals surface area contributed by atoms with Crippen LogP contribution in [0.1, 0.15) is 47.3 Å². The van der Waals surface area contributed by atoms with Crippen LogP contribution in [0.4, 0.5) is 18.9 Å².